The Balaban J connectivity index is 2.13. The summed E-state index contributed by atoms with van der Waals surface area (Å²) < 4.78 is 13.4. The number of nitrogens with two attached hydrogens (primary N) is 1. The van der Waals surface area contributed by atoms with Crippen molar-refractivity contribution in [1.82, 2.24) is 0 Å². The minimum absolute atomic E-state index is 0.181. The van der Waals surface area contributed by atoms with Gasteiger partial charge in [0.05, 0.1) is 0 Å². The van der Waals surface area contributed by atoms with Crippen molar-refractivity contribution in [2.24, 2.45) is 11.7 Å². The molecule has 1 aliphatic rings. The first-order valence-electron chi connectivity index (χ1n) is 4.87. The summed E-state index contributed by atoms with van der Waals surface area (Å²) >= 11 is 5.66. The molecule has 2 rings (SSSR count). The predicted octanol–water partition coefficient (Wildman–Crippen LogP) is 3.28. The van der Waals surface area contributed by atoms with Gasteiger partial charge in [0.25, 0.3) is 0 Å². The third-order valence-electron chi connectivity index (χ3n) is 2.65. The fraction of sp³-hybridized carbons (Fsp3) is 0.455. The SMILES string of the molecule is NC(CC1CC1)c1ccc(Cl)cc1F. The van der Waals surface area contributed by atoms with Crippen LogP contribution in [0, 0.1) is 11.7 Å². The van der Waals surface area contributed by atoms with Gasteiger partial charge in [-0.25, -0.2) is 4.39 Å². The first-order chi connectivity index (χ1) is 6.66. The quantitative estimate of drug-likeness (QED) is 0.820. The summed E-state index contributed by atoms with van der Waals surface area (Å²) in [4.78, 5) is 0. The molecule has 1 unspecified atom stereocenters. The Kier molecular flexibility index (Phi) is 2.75. The fourth-order valence-electron chi connectivity index (χ4n) is 1.64. The zero-order valence-corrected chi connectivity index (χ0v) is 8.60. The molecular weight excluding hydrogens is 201 g/mol. The summed E-state index contributed by atoms with van der Waals surface area (Å²) in [7, 11) is 0. The summed E-state index contributed by atoms with van der Waals surface area (Å²) in [5.74, 6) is 0.422. The van der Waals surface area contributed by atoms with Crippen LogP contribution >= 0.6 is 11.6 Å². The third-order valence-corrected chi connectivity index (χ3v) is 2.88. The zero-order chi connectivity index (χ0) is 10.1. The number of benzene rings is 1. The van der Waals surface area contributed by atoms with Gasteiger partial charge in [0.15, 0.2) is 0 Å². The van der Waals surface area contributed by atoms with E-state index in [1.165, 1.54) is 18.9 Å². The smallest absolute Gasteiger partial charge is 0.129 e. The van der Waals surface area contributed by atoms with Gasteiger partial charge in [-0.3, -0.25) is 0 Å². The highest BCUT2D eigenvalue weighted by Crippen LogP contribution is 2.37. The number of hydrogen-bond donors (Lipinski definition) is 1. The van der Waals surface area contributed by atoms with Gasteiger partial charge in [0, 0.05) is 16.6 Å². The zero-order valence-electron chi connectivity index (χ0n) is 7.84. The molecule has 1 aromatic rings. The Labute approximate surface area is 88.1 Å². The van der Waals surface area contributed by atoms with Crippen molar-refractivity contribution in [2.45, 2.75) is 25.3 Å². The van der Waals surface area contributed by atoms with E-state index in [0.717, 1.165) is 6.42 Å². The average molecular weight is 214 g/mol. The highest BCUT2D eigenvalue weighted by Gasteiger charge is 2.25. The lowest BCUT2D eigenvalue weighted by molar-refractivity contribution is 0.543. The van der Waals surface area contributed by atoms with Crippen LogP contribution in [0.4, 0.5) is 4.39 Å². The Morgan fingerprint density at radius 2 is 2.21 bits per heavy atom. The van der Waals surface area contributed by atoms with E-state index in [-0.39, 0.29) is 11.9 Å². The Morgan fingerprint density at radius 1 is 1.50 bits per heavy atom. The van der Waals surface area contributed by atoms with E-state index in [0.29, 0.717) is 16.5 Å². The van der Waals surface area contributed by atoms with Crippen LogP contribution in [0.2, 0.25) is 5.02 Å². The van der Waals surface area contributed by atoms with Gasteiger partial charge >= 0.3 is 0 Å². The van der Waals surface area contributed by atoms with Gasteiger partial charge in [-0.1, -0.05) is 30.5 Å². The van der Waals surface area contributed by atoms with Crippen LogP contribution < -0.4 is 5.73 Å². The summed E-state index contributed by atoms with van der Waals surface area (Å²) in [6.45, 7) is 0. The Hall–Kier alpha value is -0.600. The Morgan fingerprint density at radius 3 is 2.79 bits per heavy atom. The lowest BCUT2D eigenvalue weighted by Crippen LogP contribution is -2.12. The van der Waals surface area contributed by atoms with Crippen molar-refractivity contribution in [3.8, 4) is 0 Å². The van der Waals surface area contributed by atoms with E-state index in [1.54, 1.807) is 12.1 Å². The van der Waals surface area contributed by atoms with Crippen LogP contribution in [0.15, 0.2) is 18.2 Å². The number of halogens is 2. The standard InChI is InChI=1S/C11H13ClFN/c12-8-3-4-9(10(13)6-8)11(14)5-7-1-2-7/h3-4,6-7,11H,1-2,5,14H2. The molecule has 14 heavy (non-hydrogen) atoms. The maximum absolute atomic E-state index is 13.4. The molecule has 0 spiro atoms. The first-order valence-corrected chi connectivity index (χ1v) is 5.25. The van der Waals surface area contributed by atoms with Crippen molar-refractivity contribution >= 4 is 11.6 Å². The van der Waals surface area contributed by atoms with E-state index in [1.807, 2.05) is 0 Å². The monoisotopic (exact) mass is 213 g/mol. The van der Waals surface area contributed by atoms with Crippen LogP contribution in [0.25, 0.3) is 0 Å². The average Bonchev–Trinajstić information content (AvgIpc) is 2.87. The van der Waals surface area contributed by atoms with Crippen LogP contribution in [0.3, 0.4) is 0 Å². The van der Waals surface area contributed by atoms with Gasteiger partial charge in [-0.15, -0.1) is 0 Å². The molecule has 0 saturated heterocycles. The van der Waals surface area contributed by atoms with Gasteiger partial charge in [-0.05, 0) is 24.5 Å². The molecule has 3 heteroatoms. The highest BCUT2D eigenvalue weighted by atomic mass is 35.5. The molecule has 0 heterocycles. The van der Waals surface area contributed by atoms with Crippen LogP contribution in [0.1, 0.15) is 30.9 Å². The van der Waals surface area contributed by atoms with Gasteiger partial charge in [0.1, 0.15) is 5.82 Å². The second-order valence-electron chi connectivity index (χ2n) is 3.95. The molecule has 1 saturated carbocycles. The first kappa shape index (κ1) is 9.94. The largest absolute Gasteiger partial charge is 0.324 e. The molecule has 0 aromatic heterocycles. The Bertz CT molecular complexity index is 336. The van der Waals surface area contributed by atoms with Gasteiger partial charge in [-0.2, -0.15) is 0 Å². The normalized spacial score (nSPS) is 18.2. The maximum atomic E-state index is 13.4. The molecule has 1 aliphatic carbocycles. The minimum atomic E-state index is -0.286. The molecule has 0 aliphatic heterocycles. The van der Waals surface area contributed by atoms with Gasteiger partial charge in [0.2, 0.25) is 0 Å². The summed E-state index contributed by atoms with van der Waals surface area (Å²) in [5.41, 5.74) is 6.49. The minimum Gasteiger partial charge on any atom is -0.324 e. The van der Waals surface area contributed by atoms with E-state index in [9.17, 15) is 4.39 Å². The second-order valence-corrected chi connectivity index (χ2v) is 4.39. The molecule has 2 N–H and O–H groups in total. The summed E-state index contributed by atoms with van der Waals surface area (Å²) in [6.07, 6.45) is 3.37. The molecular formula is C11H13ClFN. The highest BCUT2D eigenvalue weighted by molar-refractivity contribution is 6.30. The maximum Gasteiger partial charge on any atom is 0.129 e. The third kappa shape index (κ3) is 2.25. The lowest BCUT2D eigenvalue weighted by Gasteiger charge is -2.12. The molecule has 1 aromatic carbocycles. The van der Waals surface area contributed by atoms with Gasteiger partial charge < -0.3 is 5.73 Å². The number of rotatable bonds is 3. The molecule has 76 valence electrons. The fourth-order valence-corrected chi connectivity index (χ4v) is 1.80. The van der Waals surface area contributed by atoms with Crippen LogP contribution in [-0.2, 0) is 0 Å². The van der Waals surface area contributed by atoms with E-state index < -0.39 is 0 Å². The lowest BCUT2D eigenvalue weighted by atomic mass is 10.0. The van der Waals surface area contributed by atoms with E-state index in [4.69, 9.17) is 17.3 Å². The summed E-state index contributed by atoms with van der Waals surface area (Å²) in [6, 6.07) is 4.51. The molecule has 0 bridgehead atoms. The van der Waals surface area contributed by atoms with E-state index in [2.05, 4.69) is 0 Å². The molecule has 0 amide bonds. The van der Waals surface area contributed by atoms with Crippen LogP contribution in [0.5, 0.6) is 0 Å². The van der Waals surface area contributed by atoms with Crippen LogP contribution in [-0.4, -0.2) is 0 Å². The van der Waals surface area contributed by atoms with Crippen molar-refractivity contribution in [2.75, 3.05) is 0 Å². The molecule has 1 nitrogen and oxygen atoms in total. The van der Waals surface area contributed by atoms with Crippen molar-refractivity contribution in [1.29, 1.82) is 0 Å². The van der Waals surface area contributed by atoms with Crippen molar-refractivity contribution in [3.63, 3.8) is 0 Å². The summed E-state index contributed by atoms with van der Waals surface area (Å²) in [5, 5.41) is 0.421. The van der Waals surface area contributed by atoms with Crippen molar-refractivity contribution in [3.05, 3.63) is 34.6 Å². The van der Waals surface area contributed by atoms with Crippen molar-refractivity contribution < 1.29 is 4.39 Å². The van der Waals surface area contributed by atoms with E-state index >= 15 is 0 Å². The second kappa shape index (κ2) is 3.87. The number of hydrogen-bond acceptors (Lipinski definition) is 1. The molecule has 0 radical (unpaired) electrons. The molecule has 1 atom stereocenters. The topological polar surface area (TPSA) is 26.0 Å². The predicted molar refractivity (Wildman–Crippen MR) is 55.7 cm³/mol. The molecule has 1 fully saturated rings.